The molecule has 1 atom stereocenters. The van der Waals surface area contributed by atoms with Gasteiger partial charge in [0.25, 0.3) is 10.0 Å². The average Bonchev–Trinajstić information content (AvgIpc) is 2.73. The molecular formula is C25H36N2O4S. The van der Waals surface area contributed by atoms with Crippen LogP contribution in [0, 0.1) is 19.8 Å². The smallest absolute Gasteiger partial charge is 0.264 e. The molecule has 0 bridgehead atoms. The third kappa shape index (κ3) is 6.32. The van der Waals surface area contributed by atoms with Crippen LogP contribution in [0.15, 0.2) is 47.4 Å². The van der Waals surface area contributed by atoms with E-state index in [1.807, 2.05) is 58.0 Å². The standard InChI is InChI=1S/C25H36N2O4S/c1-19(2)17-27(25-10-5-20(3)15-21(25)4)32(29,30)24-8-6-22(7-9-24)16-23(28)18-26-11-13-31-14-12-26/h5-10,15,19,23,28H,11-14,16-18H2,1-4H3. The van der Waals surface area contributed by atoms with E-state index < -0.39 is 16.1 Å². The van der Waals surface area contributed by atoms with Gasteiger partial charge in [0.2, 0.25) is 0 Å². The number of aliphatic hydroxyl groups excluding tert-OH is 1. The average molecular weight is 461 g/mol. The molecule has 1 aliphatic rings. The number of anilines is 1. The zero-order chi connectivity index (χ0) is 23.3. The van der Waals surface area contributed by atoms with E-state index in [0.29, 0.717) is 38.4 Å². The normalized spacial score (nSPS) is 16.3. The largest absolute Gasteiger partial charge is 0.391 e. The van der Waals surface area contributed by atoms with Gasteiger partial charge in [0.15, 0.2) is 0 Å². The molecule has 0 saturated carbocycles. The van der Waals surface area contributed by atoms with Crippen molar-refractivity contribution in [1.82, 2.24) is 4.90 Å². The summed E-state index contributed by atoms with van der Waals surface area (Å²) in [5, 5.41) is 10.5. The lowest BCUT2D eigenvalue weighted by molar-refractivity contribution is 0.0149. The molecule has 32 heavy (non-hydrogen) atoms. The summed E-state index contributed by atoms with van der Waals surface area (Å²) < 4.78 is 34.0. The number of benzene rings is 2. The van der Waals surface area contributed by atoms with Crippen LogP contribution in [0.4, 0.5) is 5.69 Å². The molecule has 0 aliphatic carbocycles. The Morgan fingerprint density at radius 1 is 1.06 bits per heavy atom. The minimum absolute atomic E-state index is 0.181. The van der Waals surface area contributed by atoms with Gasteiger partial charge in [-0.25, -0.2) is 8.42 Å². The summed E-state index contributed by atoms with van der Waals surface area (Å²) in [5.74, 6) is 0.181. The van der Waals surface area contributed by atoms with Crippen molar-refractivity contribution in [2.24, 2.45) is 5.92 Å². The molecule has 6 nitrogen and oxygen atoms in total. The van der Waals surface area contributed by atoms with E-state index in [4.69, 9.17) is 4.74 Å². The molecule has 7 heteroatoms. The van der Waals surface area contributed by atoms with Crippen molar-refractivity contribution < 1.29 is 18.3 Å². The van der Waals surface area contributed by atoms with Crippen molar-refractivity contribution in [3.8, 4) is 0 Å². The fourth-order valence-corrected chi connectivity index (χ4v) is 5.78. The molecule has 0 amide bonds. The second-order valence-electron chi connectivity index (χ2n) is 9.13. The van der Waals surface area contributed by atoms with E-state index in [9.17, 15) is 13.5 Å². The number of nitrogens with zero attached hydrogens (tertiary/aromatic N) is 2. The summed E-state index contributed by atoms with van der Waals surface area (Å²) in [6.07, 6.45) is -0.00649. The van der Waals surface area contributed by atoms with Crippen molar-refractivity contribution in [3.05, 3.63) is 59.2 Å². The van der Waals surface area contributed by atoms with Gasteiger partial charge in [-0.3, -0.25) is 9.21 Å². The van der Waals surface area contributed by atoms with E-state index in [-0.39, 0.29) is 10.8 Å². The Morgan fingerprint density at radius 2 is 1.72 bits per heavy atom. The fourth-order valence-electron chi connectivity index (χ4n) is 4.09. The minimum Gasteiger partial charge on any atom is -0.391 e. The predicted molar refractivity (Wildman–Crippen MR) is 129 cm³/mol. The minimum atomic E-state index is -3.70. The summed E-state index contributed by atoms with van der Waals surface area (Å²) in [6, 6.07) is 12.8. The fraction of sp³-hybridized carbons (Fsp3) is 0.520. The molecular weight excluding hydrogens is 424 g/mol. The summed E-state index contributed by atoms with van der Waals surface area (Å²) in [4.78, 5) is 2.46. The summed E-state index contributed by atoms with van der Waals surface area (Å²) in [7, 11) is -3.70. The first-order valence-corrected chi connectivity index (χ1v) is 12.8. The van der Waals surface area contributed by atoms with Gasteiger partial charge < -0.3 is 9.84 Å². The lowest BCUT2D eigenvalue weighted by Gasteiger charge is -2.29. The number of aryl methyl sites for hydroxylation is 2. The van der Waals surface area contributed by atoms with E-state index in [1.54, 1.807) is 12.1 Å². The van der Waals surface area contributed by atoms with Crippen molar-refractivity contribution in [3.63, 3.8) is 0 Å². The van der Waals surface area contributed by atoms with E-state index >= 15 is 0 Å². The number of aliphatic hydroxyl groups is 1. The number of hydrogen-bond acceptors (Lipinski definition) is 5. The molecule has 2 aromatic carbocycles. The lowest BCUT2D eigenvalue weighted by atomic mass is 10.1. The number of morpholine rings is 1. The Hall–Kier alpha value is -1.93. The van der Waals surface area contributed by atoms with Gasteiger partial charge >= 0.3 is 0 Å². The van der Waals surface area contributed by atoms with Crippen molar-refractivity contribution in [1.29, 1.82) is 0 Å². The summed E-state index contributed by atoms with van der Waals surface area (Å²) >= 11 is 0. The highest BCUT2D eigenvalue weighted by atomic mass is 32.2. The second-order valence-corrected chi connectivity index (χ2v) is 11.0. The van der Waals surface area contributed by atoms with Crippen LogP contribution in [0.25, 0.3) is 0 Å². The SMILES string of the molecule is Cc1ccc(N(CC(C)C)S(=O)(=O)c2ccc(CC(O)CN3CCOCC3)cc2)c(C)c1. The maximum atomic E-state index is 13.6. The number of rotatable bonds is 9. The van der Waals surface area contributed by atoms with Gasteiger partial charge in [0.05, 0.1) is 29.9 Å². The predicted octanol–water partition coefficient (Wildman–Crippen LogP) is 3.39. The number of hydrogen-bond donors (Lipinski definition) is 1. The summed E-state index contributed by atoms with van der Waals surface area (Å²) in [5.41, 5.74) is 3.69. The molecule has 176 valence electrons. The molecule has 0 aromatic heterocycles. The topological polar surface area (TPSA) is 70.1 Å². The van der Waals surface area contributed by atoms with Crippen molar-refractivity contribution >= 4 is 15.7 Å². The molecule has 0 radical (unpaired) electrons. The molecule has 3 rings (SSSR count). The maximum absolute atomic E-state index is 13.6. The monoisotopic (exact) mass is 460 g/mol. The Balaban J connectivity index is 1.76. The van der Waals surface area contributed by atoms with Crippen LogP contribution in [0.1, 0.15) is 30.5 Å². The highest BCUT2D eigenvalue weighted by molar-refractivity contribution is 7.92. The van der Waals surface area contributed by atoms with Crippen LogP contribution in [-0.4, -0.2) is 63.9 Å². The Bertz CT molecular complexity index is 984. The van der Waals surface area contributed by atoms with Gasteiger partial charge in [-0.15, -0.1) is 0 Å². The first-order valence-electron chi connectivity index (χ1n) is 11.3. The molecule has 1 aliphatic heterocycles. The van der Waals surface area contributed by atoms with Crippen LogP contribution >= 0.6 is 0 Å². The van der Waals surface area contributed by atoms with Gasteiger partial charge in [0, 0.05) is 26.2 Å². The van der Waals surface area contributed by atoms with E-state index in [1.165, 1.54) is 4.31 Å². The number of β-amino-alcohol motifs (C(OH)–C–C–N with tert-alkyl or cyclic N) is 1. The third-order valence-electron chi connectivity index (χ3n) is 5.71. The van der Waals surface area contributed by atoms with Gasteiger partial charge in [-0.2, -0.15) is 0 Å². The van der Waals surface area contributed by atoms with Crippen molar-refractivity contribution in [2.75, 3.05) is 43.7 Å². The third-order valence-corrected chi connectivity index (χ3v) is 7.50. The molecule has 1 unspecified atom stereocenters. The zero-order valence-corrected chi connectivity index (χ0v) is 20.4. The maximum Gasteiger partial charge on any atom is 0.264 e. The van der Waals surface area contributed by atoms with Gasteiger partial charge in [-0.05, 0) is 55.5 Å². The molecule has 0 spiro atoms. The Labute approximate surface area is 192 Å². The number of ether oxygens (including phenoxy) is 1. The zero-order valence-electron chi connectivity index (χ0n) is 19.6. The van der Waals surface area contributed by atoms with E-state index in [2.05, 4.69) is 4.90 Å². The highest BCUT2D eigenvalue weighted by Gasteiger charge is 2.27. The Morgan fingerprint density at radius 3 is 2.31 bits per heavy atom. The second kappa shape index (κ2) is 10.8. The summed E-state index contributed by atoms with van der Waals surface area (Å²) in [6.45, 7) is 12.1. The lowest BCUT2D eigenvalue weighted by Crippen LogP contribution is -2.41. The van der Waals surface area contributed by atoms with Crippen LogP contribution < -0.4 is 4.31 Å². The quantitative estimate of drug-likeness (QED) is 0.621. The first kappa shape index (κ1) is 24.7. The van der Waals surface area contributed by atoms with Crippen LogP contribution in [0.3, 0.4) is 0 Å². The van der Waals surface area contributed by atoms with Crippen LogP contribution in [0.2, 0.25) is 0 Å². The first-order chi connectivity index (χ1) is 15.2. The molecule has 1 saturated heterocycles. The van der Waals surface area contributed by atoms with Crippen molar-refractivity contribution in [2.45, 2.75) is 45.1 Å². The number of sulfonamides is 1. The van der Waals surface area contributed by atoms with Crippen LogP contribution in [-0.2, 0) is 21.2 Å². The van der Waals surface area contributed by atoms with Gasteiger partial charge in [-0.1, -0.05) is 43.7 Å². The molecule has 1 fully saturated rings. The highest BCUT2D eigenvalue weighted by Crippen LogP contribution is 2.29. The molecule has 2 aromatic rings. The van der Waals surface area contributed by atoms with Crippen LogP contribution in [0.5, 0.6) is 0 Å². The molecule has 1 heterocycles. The Kier molecular flexibility index (Phi) is 8.33. The van der Waals surface area contributed by atoms with E-state index in [0.717, 1.165) is 29.8 Å². The van der Waals surface area contributed by atoms with Gasteiger partial charge in [0.1, 0.15) is 0 Å². The molecule has 1 N–H and O–H groups in total.